The van der Waals surface area contributed by atoms with Crippen molar-refractivity contribution in [1.29, 1.82) is 0 Å². The number of halogens is 1. The van der Waals surface area contributed by atoms with E-state index in [4.69, 9.17) is 0 Å². The molecule has 1 unspecified atom stereocenters. The lowest BCUT2D eigenvalue weighted by molar-refractivity contribution is 0.577. The quantitative estimate of drug-likeness (QED) is 0.636. The molecule has 0 spiro atoms. The van der Waals surface area contributed by atoms with E-state index in [2.05, 4.69) is 10.3 Å². The van der Waals surface area contributed by atoms with E-state index in [1.165, 1.54) is 12.3 Å². The number of hydrogen-bond donors (Lipinski definition) is 1. The highest BCUT2D eigenvalue weighted by atomic mass is 19.1. The standard InChI is InChI=1S/C9H11FN2/c10-9-5-7(2-4-12-9)8-1-3-11-6-8/h2,4-5,8,11H,1,3,6H2. The van der Waals surface area contributed by atoms with Crippen LogP contribution in [0.2, 0.25) is 0 Å². The predicted molar refractivity (Wildman–Crippen MR) is 44.4 cm³/mol. The number of rotatable bonds is 1. The molecule has 1 aromatic rings. The zero-order chi connectivity index (χ0) is 8.39. The maximum atomic E-state index is 12.7. The second kappa shape index (κ2) is 3.19. The van der Waals surface area contributed by atoms with E-state index >= 15 is 0 Å². The highest BCUT2D eigenvalue weighted by Gasteiger charge is 2.16. The van der Waals surface area contributed by atoms with Gasteiger partial charge in [-0.25, -0.2) is 4.98 Å². The van der Waals surface area contributed by atoms with Crippen LogP contribution in [0.1, 0.15) is 17.9 Å². The molecule has 0 aromatic carbocycles. The fourth-order valence-electron chi connectivity index (χ4n) is 1.61. The Kier molecular flexibility index (Phi) is 2.04. The third-order valence-electron chi connectivity index (χ3n) is 2.28. The molecule has 1 N–H and O–H groups in total. The average Bonchev–Trinajstić information content (AvgIpc) is 2.56. The van der Waals surface area contributed by atoms with Crippen molar-refractivity contribution in [2.24, 2.45) is 0 Å². The molecule has 1 fully saturated rings. The van der Waals surface area contributed by atoms with Gasteiger partial charge in [-0.05, 0) is 36.6 Å². The van der Waals surface area contributed by atoms with Crippen LogP contribution in [0.15, 0.2) is 18.3 Å². The van der Waals surface area contributed by atoms with Gasteiger partial charge in [-0.1, -0.05) is 0 Å². The third kappa shape index (κ3) is 1.46. The summed E-state index contributed by atoms with van der Waals surface area (Å²) in [6, 6.07) is 3.42. The molecule has 0 radical (unpaired) electrons. The minimum Gasteiger partial charge on any atom is -0.316 e. The van der Waals surface area contributed by atoms with Gasteiger partial charge in [-0.2, -0.15) is 4.39 Å². The van der Waals surface area contributed by atoms with E-state index in [1.54, 1.807) is 0 Å². The van der Waals surface area contributed by atoms with Gasteiger partial charge in [0, 0.05) is 12.7 Å². The van der Waals surface area contributed by atoms with Gasteiger partial charge in [0.15, 0.2) is 0 Å². The molecule has 1 atom stereocenters. The second-order valence-corrected chi connectivity index (χ2v) is 3.10. The fraction of sp³-hybridized carbons (Fsp3) is 0.444. The fourth-order valence-corrected chi connectivity index (χ4v) is 1.61. The van der Waals surface area contributed by atoms with Crippen molar-refractivity contribution in [3.63, 3.8) is 0 Å². The van der Waals surface area contributed by atoms with Crippen molar-refractivity contribution in [3.8, 4) is 0 Å². The van der Waals surface area contributed by atoms with Gasteiger partial charge < -0.3 is 5.32 Å². The summed E-state index contributed by atoms with van der Waals surface area (Å²) in [6.45, 7) is 2.00. The van der Waals surface area contributed by atoms with Crippen LogP contribution in [0.3, 0.4) is 0 Å². The molecule has 64 valence electrons. The summed E-state index contributed by atoms with van der Waals surface area (Å²) in [5, 5.41) is 3.25. The minimum atomic E-state index is -0.376. The molecule has 12 heavy (non-hydrogen) atoms. The van der Waals surface area contributed by atoms with Gasteiger partial charge >= 0.3 is 0 Å². The molecular weight excluding hydrogens is 155 g/mol. The van der Waals surface area contributed by atoms with Crippen molar-refractivity contribution < 1.29 is 4.39 Å². The van der Waals surface area contributed by atoms with Crippen LogP contribution in [0.25, 0.3) is 0 Å². The number of nitrogens with zero attached hydrogens (tertiary/aromatic N) is 1. The number of hydrogen-bond acceptors (Lipinski definition) is 2. The maximum absolute atomic E-state index is 12.7. The van der Waals surface area contributed by atoms with Crippen LogP contribution in [-0.4, -0.2) is 18.1 Å². The zero-order valence-corrected chi connectivity index (χ0v) is 6.76. The van der Waals surface area contributed by atoms with Gasteiger partial charge in [0.1, 0.15) is 0 Å². The molecule has 0 saturated carbocycles. The van der Waals surface area contributed by atoms with Crippen LogP contribution < -0.4 is 5.32 Å². The molecule has 1 aliphatic rings. The first kappa shape index (κ1) is 7.68. The van der Waals surface area contributed by atoms with Gasteiger partial charge in [0.05, 0.1) is 0 Å². The normalized spacial score (nSPS) is 22.9. The Balaban J connectivity index is 2.21. The molecule has 0 aliphatic carbocycles. The van der Waals surface area contributed by atoms with Gasteiger partial charge in [0.2, 0.25) is 5.95 Å². The van der Waals surface area contributed by atoms with Crippen molar-refractivity contribution in [1.82, 2.24) is 10.3 Å². The second-order valence-electron chi connectivity index (χ2n) is 3.10. The lowest BCUT2D eigenvalue weighted by atomic mass is 10.00. The van der Waals surface area contributed by atoms with Crippen LogP contribution >= 0.6 is 0 Å². The van der Waals surface area contributed by atoms with Crippen LogP contribution in [-0.2, 0) is 0 Å². The molecule has 1 aliphatic heterocycles. The lowest BCUT2D eigenvalue weighted by Crippen LogP contribution is -2.08. The largest absolute Gasteiger partial charge is 0.316 e. The minimum absolute atomic E-state index is 0.376. The summed E-state index contributed by atoms with van der Waals surface area (Å²) >= 11 is 0. The van der Waals surface area contributed by atoms with Gasteiger partial charge in [0.25, 0.3) is 0 Å². The summed E-state index contributed by atoms with van der Waals surface area (Å²) in [6.07, 6.45) is 2.63. The highest BCUT2D eigenvalue weighted by molar-refractivity contribution is 5.18. The average molecular weight is 166 g/mol. The summed E-state index contributed by atoms with van der Waals surface area (Å²) in [7, 11) is 0. The first-order chi connectivity index (χ1) is 5.86. The smallest absolute Gasteiger partial charge is 0.213 e. The number of pyridine rings is 1. The van der Waals surface area contributed by atoms with E-state index in [1.807, 2.05) is 6.07 Å². The Hall–Kier alpha value is -0.960. The molecule has 2 rings (SSSR count). The number of aromatic nitrogens is 1. The molecule has 1 saturated heterocycles. The topological polar surface area (TPSA) is 24.9 Å². The summed E-state index contributed by atoms with van der Waals surface area (Å²) < 4.78 is 12.7. The molecular formula is C9H11FN2. The van der Waals surface area contributed by atoms with Crippen LogP contribution in [0.5, 0.6) is 0 Å². The molecule has 0 bridgehead atoms. The van der Waals surface area contributed by atoms with Crippen molar-refractivity contribution in [2.45, 2.75) is 12.3 Å². The molecule has 2 nitrogen and oxygen atoms in total. The van der Waals surface area contributed by atoms with E-state index in [0.717, 1.165) is 25.1 Å². The molecule has 3 heteroatoms. The predicted octanol–water partition coefficient (Wildman–Crippen LogP) is 1.30. The summed E-state index contributed by atoms with van der Waals surface area (Å²) in [4.78, 5) is 3.52. The van der Waals surface area contributed by atoms with Crippen molar-refractivity contribution in [3.05, 3.63) is 29.8 Å². The monoisotopic (exact) mass is 166 g/mol. The third-order valence-corrected chi connectivity index (χ3v) is 2.28. The van der Waals surface area contributed by atoms with Crippen LogP contribution in [0, 0.1) is 5.95 Å². The molecule has 1 aromatic heterocycles. The first-order valence-corrected chi connectivity index (χ1v) is 4.18. The van der Waals surface area contributed by atoms with Crippen molar-refractivity contribution >= 4 is 0 Å². The molecule has 2 heterocycles. The summed E-state index contributed by atoms with van der Waals surface area (Å²) in [5.74, 6) is 0.0990. The van der Waals surface area contributed by atoms with E-state index in [9.17, 15) is 4.39 Å². The Bertz CT molecular complexity index is 269. The lowest BCUT2D eigenvalue weighted by Gasteiger charge is -2.06. The highest BCUT2D eigenvalue weighted by Crippen LogP contribution is 2.21. The Morgan fingerprint density at radius 1 is 1.58 bits per heavy atom. The van der Waals surface area contributed by atoms with Crippen LogP contribution in [0.4, 0.5) is 4.39 Å². The van der Waals surface area contributed by atoms with Crippen molar-refractivity contribution in [2.75, 3.05) is 13.1 Å². The van der Waals surface area contributed by atoms with E-state index in [-0.39, 0.29) is 5.95 Å². The number of nitrogens with one attached hydrogen (secondary N) is 1. The Morgan fingerprint density at radius 3 is 3.17 bits per heavy atom. The Morgan fingerprint density at radius 2 is 2.50 bits per heavy atom. The van der Waals surface area contributed by atoms with Gasteiger partial charge in [-0.3, -0.25) is 0 Å². The van der Waals surface area contributed by atoms with E-state index in [0.29, 0.717) is 5.92 Å². The maximum Gasteiger partial charge on any atom is 0.213 e. The van der Waals surface area contributed by atoms with Gasteiger partial charge in [-0.15, -0.1) is 0 Å². The first-order valence-electron chi connectivity index (χ1n) is 4.18. The zero-order valence-electron chi connectivity index (χ0n) is 6.76. The Labute approximate surface area is 70.8 Å². The summed E-state index contributed by atoms with van der Waals surface area (Å²) in [5.41, 5.74) is 1.06. The SMILES string of the molecule is Fc1cc(C2CCNC2)ccn1. The molecule has 0 amide bonds. The van der Waals surface area contributed by atoms with E-state index < -0.39 is 0 Å².